The maximum Gasteiger partial charge on any atom is 0.122 e. The van der Waals surface area contributed by atoms with Crippen LogP contribution in [-0.2, 0) is 6.54 Å². The summed E-state index contributed by atoms with van der Waals surface area (Å²) >= 11 is 0. The first-order valence-electron chi connectivity index (χ1n) is 10.3. The zero-order valence-electron chi connectivity index (χ0n) is 16.9. The number of para-hydroxylation sites is 1. The summed E-state index contributed by atoms with van der Waals surface area (Å²) in [5.74, 6) is 1.06. The van der Waals surface area contributed by atoms with E-state index in [1.807, 2.05) is 16.8 Å². The van der Waals surface area contributed by atoms with Crippen LogP contribution in [0.1, 0.15) is 48.0 Å². The van der Waals surface area contributed by atoms with Gasteiger partial charge in [-0.1, -0.05) is 24.6 Å². The molecule has 148 valence electrons. The van der Waals surface area contributed by atoms with E-state index in [0.29, 0.717) is 6.04 Å². The SMILES string of the molecule is Cc1nn(-c2ccccc2)c(C)c1CNC[C@H](c1ccco1)N1CCCCC1. The molecular weight excluding hydrogens is 348 g/mol. The van der Waals surface area contributed by atoms with Gasteiger partial charge in [0.05, 0.1) is 23.7 Å². The summed E-state index contributed by atoms with van der Waals surface area (Å²) in [5, 5.41) is 8.44. The Morgan fingerprint density at radius 2 is 1.82 bits per heavy atom. The van der Waals surface area contributed by atoms with E-state index in [2.05, 4.69) is 54.4 Å². The second-order valence-corrected chi connectivity index (χ2v) is 7.66. The van der Waals surface area contributed by atoms with Crippen molar-refractivity contribution in [2.45, 2.75) is 45.7 Å². The largest absolute Gasteiger partial charge is 0.468 e. The van der Waals surface area contributed by atoms with Crippen LogP contribution in [0.5, 0.6) is 0 Å². The number of nitrogens with zero attached hydrogens (tertiary/aromatic N) is 3. The predicted molar refractivity (Wildman–Crippen MR) is 112 cm³/mol. The third-order valence-corrected chi connectivity index (χ3v) is 5.78. The molecule has 4 rings (SSSR count). The highest BCUT2D eigenvalue weighted by atomic mass is 16.3. The van der Waals surface area contributed by atoms with Crippen LogP contribution >= 0.6 is 0 Å². The molecule has 1 aromatic carbocycles. The van der Waals surface area contributed by atoms with E-state index >= 15 is 0 Å². The van der Waals surface area contributed by atoms with Crippen LogP contribution in [0.3, 0.4) is 0 Å². The zero-order chi connectivity index (χ0) is 19.3. The lowest BCUT2D eigenvalue weighted by atomic mass is 10.1. The minimum Gasteiger partial charge on any atom is -0.468 e. The van der Waals surface area contributed by atoms with E-state index < -0.39 is 0 Å². The van der Waals surface area contributed by atoms with Crippen molar-refractivity contribution in [3.63, 3.8) is 0 Å². The normalized spacial score (nSPS) is 16.4. The van der Waals surface area contributed by atoms with Crippen LogP contribution in [0.4, 0.5) is 0 Å². The molecule has 0 saturated carbocycles. The highest BCUT2D eigenvalue weighted by Gasteiger charge is 2.24. The molecule has 0 radical (unpaired) electrons. The molecule has 0 bridgehead atoms. The van der Waals surface area contributed by atoms with E-state index in [4.69, 9.17) is 9.52 Å². The number of likely N-dealkylation sites (tertiary alicyclic amines) is 1. The monoisotopic (exact) mass is 378 g/mol. The first-order chi connectivity index (χ1) is 13.7. The summed E-state index contributed by atoms with van der Waals surface area (Å²) in [7, 11) is 0. The fourth-order valence-electron chi connectivity index (χ4n) is 4.21. The Kier molecular flexibility index (Phi) is 5.93. The maximum absolute atomic E-state index is 5.76. The quantitative estimate of drug-likeness (QED) is 0.662. The fraction of sp³-hybridized carbons (Fsp3) is 0.435. The Morgan fingerprint density at radius 1 is 1.04 bits per heavy atom. The van der Waals surface area contributed by atoms with Crippen LogP contribution in [0.25, 0.3) is 5.69 Å². The lowest BCUT2D eigenvalue weighted by Crippen LogP contribution is -2.38. The average Bonchev–Trinajstić information content (AvgIpc) is 3.36. The topological polar surface area (TPSA) is 46.2 Å². The van der Waals surface area contributed by atoms with Gasteiger partial charge in [-0.3, -0.25) is 4.90 Å². The van der Waals surface area contributed by atoms with Gasteiger partial charge in [0.15, 0.2) is 0 Å². The summed E-state index contributed by atoms with van der Waals surface area (Å²) < 4.78 is 7.81. The number of benzene rings is 1. The van der Waals surface area contributed by atoms with Crippen LogP contribution < -0.4 is 5.32 Å². The van der Waals surface area contributed by atoms with E-state index in [0.717, 1.165) is 43.3 Å². The predicted octanol–water partition coefficient (Wildman–Crippen LogP) is 4.40. The molecule has 3 aromatic rings. The standard InChI is InChI=1S/C23H30N4O/c1-18-21(19(2)27(25-18)20-10-5-3-6-11-20)16-24-17-22(23-12-9-15-28-23)26-13-7-4-8-14-26/h3,5-6,9-12,15,22,24H,4,7-8,13-14,16-17H2,1-2H3/t22-/m1/s1. The molecule has 0 amide bonds. The number of aryl methyl sites for hydroxylation is 1. The van der Waals surface area contributed by atoms with Crippen molar-refractivity contribution < 1.29 is 4.42 Å². The number of hydrogen-bond donors (Lipinski definition) is 1. The van der Waals surface area contributed by atoms with Gasteiger partial charge in [0.25, 0.3) is 0 Å². The molecule has 1 saturated heterocycles. The van der Waals surface area contributed by atoms with Crippen molar-refractivity contribution in [2.75, 3.05) is 19.6 Å². The Labute approximate surface area is 167 Å². The van der Waals surface area contributed by atoms with Gasteiger partial charge in [0.2, 0.25) is 0 Å². The summed E-state index contributed by atoms with van der Waals surface area (Å²) in [5.41, 5.74) is 4.67. The molecule has 1 fully saturated rings. The highest BCUT2D eigenvalue weighted by molar-refractivity contribution is 5.36. The fourth-order valence-corrected chi connectivity index (χ4v) is 4.21. The van der Waals surface area contributed by atoms with Crippen LogP contribution in [0.2, 0.25) is 0 Å². The summed E-state index contributed by atoms with van der Waals surface area (Å²) in [6, 6.07) is 14.7. The third-order valence-electron chi connectivity index (χ3n) is 5.78. The Bertz CT molecular complexity index is 864. The lowest BCUT2D eigenvalue weighted by molar-refractivity contribution is 0.142. The van der Waals surface area contributed by atoms with Gasteiger partial charge in [-0.05, 0) is 64.0 Å². The second-order valence-electron chi connectivity index (χ2n) is 7.66. The number of aromatic nitrogens is 2. The van der Waals surface area contributed by atoms with E-state index in [-0.39, 0.29) is 0 Å². The molecule has 0 unspecified atom stereocenters. The molecule has 1 atom stereocenters. The first kappa shape index (κ1) is 19.0. The molecule has 1 aliphatic rings. The molecule has 5 heteroatoms. The van der Waals surface area contributed by atoms with E-state index in [1.165, 1.54) is 30.5 Å². The number of nitrogens with one attached hydrogen (secondary N) is 1. The van der Waals surface area contributed by atoms with Gasteiger partial charge in [0.1, 0.15) is 5.76 Å². The zero-order valence-corrected chi connectivity index (χ0v) is 16.9. The van der Waals surface area contributed by atoms with Crippen LogP contribution in [0, 0.1) is 13.8 Å². The van der Waals surface area contributed by atoms with E-state index in [9.17, 15) is 0 Å². The number of furan rings is 1. The molecular formula is C23H30N4O. The van der Waals surface area contributed by atoms with Gasteiger partial charge < -0.3 is 9.73 Å². The number of piperidine rings is 1. The first-order valence-corrected chi connectivity index (χ1v) is 10.3. The van der Waals surface area contributed by atoms with E-state index in [1.54, 1.807) is 6.26 Å². The smallest absolute Gasteiger partial charge is 0.122 e. The van der Waals surface area contributed by atoms with Gasteiger partial charge in [0, 0.05) is 24.3 Å². The summed E-state index contributed by atoms with van der Waals surface area (Å²) in [4.78, 5) is 2.56. The Morgan fingerprint density at radius 3 is 2.54 bits per heavy atom. The molecule has 28 heavy (non-hydrogen) atoms. The van der Waals surface area contributed by atoms with Crippen molar-refractivity contribution >= 4 is 0 Å². The van der Waals surface area contributed by atoms with Crippen molar-refractivity contribution in [2.24, 2.45) is 0 Å². The molecule has 0 aliphatic carbocycles. The van der Waals surface area contributed by atoms with Crippen molar-refractivity contribution in [1.82, 2.24) is 20.0 Å². The molecule has 3 heterocycles. The maximum atomic E-state index is 5.76. The van der Waals surface area contributed by atoms with Gasteiger partial charge in [-0.25, -0.2) is 4.68 Å². The molecule has 1 N–H and O–H groups in total. The lowest BCUT2D eigenvalue weighted by Gasteiger charge is -2.33. The summed E-state index contributed by atoms with van der Waals surface area (Å²) in [6.45, 7) is 8.24. The minimum absolute atomic E-state index is 0.292. The Balaban J connectivity index is 1.45. The minimum atomic E-state index is 0.292. The number of hydrogen-bond acceptors (Lipinski definition) is 4. The molecule has 1 aliphatic heterocycles. The van der Waals surface area contributed by atoms with Crippen molar-refractivity contribution in [3.8, 4) is 5.69 Å². The molecule has 5 nitrogen and oxygen atoms in total. The van der Waals surface area contributed by atoms with Crippen molar-refractivity contribution in [1.29, 1.82) is 0 Å². The van der Waals surface area contributed by atoms with Crippen molar-refractivity contribution in [3.05, 3.63) is 71.4 Å². The Hall–Kier alpha value is -2.37. The van der Waals surface area contributed by atoms with Crippen LogP contribution in [0.15, 0.2) is 53.1 Å². The van der Waals surface area contributed by atoms with Gasteiger partial charge >= 0.3 is 0 Å². The average molecular weight is 379 g/mol. The second kappa shape index (κ2) is 8.76. The van der Waals surface area contributed by atoms with Gasteiger partial charge in [-0.2, -0.15) is 5.10 Å². The summed E-state index contributed by atoms with van der Waals surface area (Å²) in [6.07, 6.45) is 5.68. The molecule has 2 aromatic heterocycles. The molecule has 0 spiro atoms. The third kappa shape index (κ3) is 4.05. The number of rotatable bonds is 7. The van der Waals surface area contributed by atoms with Crippen LogP contribution in [-0.4, -0.2) is 34.3 Å². The highest BCUT2D eigenvalue weighted by Crippen LogP contribution is 2.25. The van der Waals surface area contributed by atoms with Gasteiger partial charge in [-0.15, -0.1) is 0 Å².